The second kappa shape index (κ2) is 6.13. The first-order chi connectivity index (χ1) is 12.5. The number of hydrogen-bond acceptors (Lipinski definition) is 5. The van der Waals surface area contributed by atoms with Crippen LogP contribution in [0.1, 0.15) is 54.9 Å². The standard InChI is InChI=1S/C15H21NO4/c1-2-14(19)20-13-5-3-4-10(15(13)16)9-6-7-11(17)12(18)8-9/h6-8,10,13,15,17-18H,2-5,16H2,1H3/i3D2,4D2,5D2,13D,15D. The van der Waals surface area contributed by atoms with Gasteiger partial charge in [0.05, 0.1) is 2.74 Å². The van der Waals surface area contributed by atoms with Crippen molar-refractivity contribution in [2.24, 2.45) is 5.73 Å². The van der Waals surface area contributed by atoms with E-state index in [1.807, 2.05) is 0 Å². The van der Waals surface area contributed by atoms with Gasteiger partial charge in [-0.1, -0.05) is 13.0 Å². The Kier molecular flexibility index (Phi) is 2.24. The summed E-state index contributed by atoms with van der Waals surface area (Å²) in [6.45, 7) is 1.34. The van der Waals surface area contributed by atoms with Crippen molar-refractivity contribution < 1.29 is 30.7 Å². The molecule has 5 nitrogen and oxygen atoms in total. The van der Waals surface area contributed by atoms with E-state index in [0.29, 0.717) is 0 Å². The number of ether oxygens (including phenoxy) is 1. The van der Waals surface area contributed by atoms with Crippen molar-refractivity contribution in [1.29, 1.82) is 0 Å². The van der Waals surface area contributed by atoms with Gasteiger partial charge in [-0.2, -0.15) is 0 Å². The molecule has 1 aromatic carbocycles. The molecule has 0 radical (unpaired) electrons. The average molecular weight is 287 g/mol. The monoisotopic (exact) mass is 287 g/mol. The predicted molar refractivity (Wildman–Crippen MR) is 74.5 cm³/mol. The smallest absolute Gasteiger partial charge is 0.305 e. The molecular weight excluding hydrogens is 258 g/mol. The van der Waals surface area contributed by atoms with Gasteiger partial charge in [0.15, 0.2) is 11.5 Å². The molecule has 0 aromatic heterocycles. The molecule has 2 rings (SSSR count). The summed E-state index contributed by atoms with van der Waals surface area (Å²) >= 11 is 0. The van der Waals surface area contributed by atoms with Crippen molar-refractivity contribution in [3.8, 4) is 11.5 Å². The van der Waals surface area contributed by atoms with Gasteiger partial charge >= 0.3 is 5.97 Å². The molecule has 110 valence electrons. The lowest BCUT2D eigenvalue weighted by Crippen LogP contribution is -2.45. The molecule has 0 saturated heterocycles. The molecule has 0 heterocycles. The van der Waals surface area contributed by atoms with Gasteiger partial charge in [0.1, 0.15) is 6.08 Å². The fourth-order valence-electron chi connectivity index (χ4n) is 1.70. The van der Waals surface area contributed by atoms with E-state index < -0.39 is 54.6 Å². The Morgan fingerprint density at radius 3 is 2.90 bits per heavy atom. The number of benzene rings is 1. The summed E-state index contributed by atoms with van der Waals surface area (Å²) in [5.74, 6) is -4.45. The topological polar surface area (TPSA) is 92.8 Å². The van der Waals surface area contributed by atoms with Crippen molar-refractivity contribution in [1.82, 2.24) is 0 Å². The maximum absolute atomic E-state index is 11.8. The van der Waals surface area contributed by atoms with E-state index >= 15 is 0 Å². The first kappa shape index (κ1) is 7.31. The highest BCUT2D eigenvalue weighted by Gasteiger charge is 2.34. The van der Waals surface area contributed by atoms with Gasteiger partial charge in [0.25, 0.3) is 0 Å². The fraction of sp³-hybridized carbons (Fsp3) is 0.533. The third-order valence-corrected chi connectivity index (χ3v) is 2.80. The van der Waals surface area contributed by atoms with Crippen LogP contribution in [0.3, 0.4) is 0 Å². The van der Waals surface area contributed by atoms with Crippen LogP contribution in [0.4, 0.5) is 0 Å². The van der Waals surface area contributed by atoms with Gasteiger partial charge in [-0.25, -0.2) is 0 Å². The molecule has 0 bridgehead atoms. The molecule has 5 heteroatoms. The van der Waals surface area contributed by atoms with Gasteiger partial charge in [0.2, 0.25) is 0 Å². The minimum atomic E-state index is -3.51. The number of hydrogen-bond donors (Lipinski definition) is 3. The molecule has 20 heavy (non-hydrogen) atoms. The summed E-state index contributed by atoms with van der Waals surface area (Å²) in [7, 11) is 0. The van der Waals surface area contributed by atoms with E-state index in [2.05, 4.69) is 0 Å². The van der Waals surface area contributed by atoms with E-state index in [-0.39, 0.29) is 12.0 Å². The maximum Gasteiger partial charge on any atom is 0.305 e. The van der Waals surface area contributed by atoms with Crippen LogP contribution in [0, 0.1) is 0 Å². The van der Waals surface area contributed by atoms with E-state index in [1.165, 1.54) is 6.92 Å². The van der Waals surface area contributed by atoms with Crippen LogP contribution in [0.15, 0.2) is 18.2 Å². The summed E-state index contributed by atoms with van der Waals surface area (Å²) in [6.07, 6.45) is -13.8. The Morgan fingerprint density at radius 2 is 2.25 bits per heavy atom. The Balaban J connectivity index is 2.83. The largest absolute Gasteiger partial charge is 0.504 e. The van der Waals surface area contributed by atoms with Crippen LogP contribution in [0.2, 0.25) is 0 Å². The highest BCUT2D eigenvalue weighted by atomic mass is 16.5. The molecule has 3 atom stereocenters. The van der Waals surface area contributed by atoms with Crippen molar-refractivity contribution >= 4 is 5.97 Å². The Hall–Kier alpha value is -1.75. The first-order valence-electron chi connectivity index (χ1n) is 10.0. The quantitative estimate of drug-likeness (QED) is 0.584. The van der Waals surface area contributed by atoms with Crippen molar-refractivity contribution in [3.05, 3.63) is 23.8 Å². The minimum Gasteiger partial charge on any atom is -0.504 e. The normalized spacial score (nSPS) is 47.0. The molecule has 0 amide bonds. The molecule has 1 fully saturated rings. The molecule has 1 aliphatic rings. The number of esters is 1. The van der Waals surface area contributed by atoms with E-state index in [0.717, 1.165) is 18.2 Å². The molecule has 0 spiro atoms. The van der Waals surface area contributed by atoms with Crippen LogP contribution in [0.5, 0.6) is 11.5 Å². The summed E-state index contributed by atoms with van der Waals surface area (Å²) in [5, 5.41) is 19.2. The van der Waals surface area contributed by atoms with Crippen LogP contribution in [-0.2, 0) is 9.53 Å². The molecule has 3 unspecified atom stereocenters. The zero-order valence-corrected chi connectivity index (χ0v) is 10.8. The SMILES string of the molecule is [2H]C1([2H])C(c2ccc(O)c(O)c2)C([2H])(N)C([2H])(OC(=O)CC)C([2H])([2H])C1([2H])[2H]. The summed E-state index contributed by atoms with van der Waals surface area (Å²) in [4.78, 5) is 11.8. The van der Waals surface area contributed by atoms with Crippen molar-refractivity contribution in [3.63, 3.8) is 0 Å². The number of nitrogens with two attached hydrogens (primary N) is 1. The molecule has 0 aliphatic heterocycles. The zero-order valence-electron chi connectivity index (χ0n) is 18.8. The third-order valence-electron chi connectivity index (χ3n) is 2.80. The predicted octanol–water partition coefficient (Wildman–Crippen LogP) is 2.01. The van der Waals surface area contributed by atoms with Gasteiger partial charge in [-0.05, 0) is 36.8 Å². The number of phenolic OH excluding ortho intramolecular Hbond substituents is 2. The maximum atomic E-state index is 11.8. The van der Waals surface area contributed by atoms with Crippen LogP contribution < -0.4 is 5.73 Å². The van der Waals surface area contributed by atoms with Gasteiger partial charge < -0.3 is 20.7 Å². The number of aromatic hydroxyl groups is 2. The third kappa shape index (κ3) is 3.04. The molecule has 1 aliphatic carbocycles. The zero-order chi connectivity index (χ0) is 21.9. The Bertz CT molecular complexity index is 800. The minimum absolute atomic E-state index is 0.277. The molecule has 1 saturated carbocycles. The summed E-state index contributed by atoms with van der Waals surface area (Å²) < 4.78 is 70.6. The number of carbonyl (C=O) groups excluding carboxylic acids is 1. The highest BCUT2D eigenvalue weighted by Crippen LogP contribution is 2.37. The first-order valence-corrected chi connectivity index (χ1v) is 6.01. The summed E-state index contributed by atoms with van der Waals surface area (Å²) in [5.41, 5.74) is 5.63. The van der Waals surface area contributed by atoms with Crippen molar-refractivity contribution in [2.75, 3.05) is 0 Å². The average Bonchev–Trinajstić information content (AvgIpc) is 2.56. The lowest BCUT2D eigenvalue weighted by molar-refractivity contribution is -0.151. The lowest BCUT2D eigenvalue weighted by atomic mass is 9.78. The van der Waals surface area contributed by atoms with E-state index in [1.54, 1.807) is 0 Å². The summed E-state index contributed by atoms with van der Waals surface area (Å²) in [6, 6.07) is -0.154. The second-order valence-electron chi connectivity index (χ2n) is 4.19. The van der Waals surface area contributed by atoms with Gasteiger partial charge in [-0.3, -0.25) is 4.79 Å². The van der Waals surface area contributed by atoms with Crippen molar-refractivity contribution in [2.45, 2.75) is 50.5 Å². The van der Waals surface area contributed by atoms with Gasteiger partial charge in [-0.15, -0.1) is 0 Å². The van der Waals surface area contributed by atoms with E-state index in [9.17, 15) is 15.0 Å². The fourth-order valence-corrected chi connectivity index (χ4v) is 1.70. The number of rotatable bonds is 3. The lowest BCUT2D eigenvalue weighted by Gasteiger charge is -2.35. The second-order valence-corrected chi connectivity index (χ2v) is 4.19. The number of carbonyl (C=O) groups is 1. The molecule has 1 aromatic rings. The highest BCUT2D eigenvalue weighted by molar-refractivity contribution is 5.69. The van der Waals surface area contributed by atoms with Crippen LogP contribution in [0.25, 0.3) is 0 Å². The molecule has 4 N–H and O–H groups in total. The Labute approximate surface area is 129 Å². The van der Waals surface area contributed by atoms with Crippen LogP contribution >= 0.6 is 0 Å². The van der Waals surface area contributed by atoms with E-state index in [4.69, 9.17) is 21.4 Å². The van der Waals surface area contributed by atoms with Crippen LogP contribution in [-0.4, -0.2) is 28.3 Å². The molecular formula is C15H21NO4. The Morgan fingerprint density at radius 1 is 1.50 bits per heavy atom. The van der Waals surface area contributed by atoms with Gasteiger partial charge in [0, 0.05) is 26.6 Å². The number of phenols is 2.